The van der Waals surface area contributed by atoms with Crippen molar-refractivity contribution in [2.24, 2.45) is 5.41 Å². The highest BCUT2D eigenvalue weighted by molar-refractivity contribution is 5.92. The molecule has 1 aromatic carbocycles. The maximum Gasteiger partial charge on any atom is 0.573 e. The minimum Gasteiger partial charge on any atom is -0.403 e. The maximum absolute atomic E-state index is 14.0. The maximum atomic E-state index is 14.0. The van der Waals surface area contributed by atoms with Crippen LogP contribution in [0.15, 0.2) is 36.5 Å². The van der Waals surface area contributed by atoms with E-state index in [-0.39, 0.29) is 17.9 Å². The molecule has 0 bridgehead atoms. The predicted octanol–water partition coefficient (Wildman–Crippen LogP) is 5.81. The molecule has 1 amide bonds. The number of aryl methyl sites for hydroxylation is 1. The van der Waals surface area contributed by atoms with E-state index in [1.807, 2.05) is 33.8 Å². The number of hydrogen-bond donors (Lipinski definition) is 1. The second kappa shape index (κ2) is 8.20. The summed E-state index contributed by atoms with van der Waals surface area (Å²) in [6, 6.07) is 6.94. The first kappa shape index (κ1) is 22.6. The Kier molecular flexibility index (Phi) is 5.98. The van der Waals surface area contributed by atoms with Crippen LogP contribution in [-0.4, -0.2) is 21.8 Å². The van der Waals surface area contributed by atoms with Gasteiger partial charge in [0.2, 0.25) is 5.91 Å². The fraction of sp³-hybridized carbons (Fsp3) is 0.364. The number of hydrogen-bond acceptors (Lipinski definition) is 3. The molecule has 0 atom stereocenters. The van der Waals surface area contributed by atoms with Crippen LogP contribution in [0.5, 0.6) is 5.75 Å². The minimum atomic E-state index is -4.96. The van der Waals surface area contributed by atoms with Gasteiger partial charge in [0.15, 0.2) is 11.6 Å². The average Bonchev–Trinajstić information content (AvgIpc) is 2.97. The number of fused-ring (bicyclic) bond motifs is 1. The van der Waals surface area contributed by atoms with Crippen molar-refractivity contribution in [1.82, 2.24) is 9.55 Å². The molecule has 9 heteroatoms. The van der Waals surface area contributed by atoms with Crippen LogP contribution in [0.3, 0.4) is 0 Å². The number of anilines is 1. The Morgan fingerprint density at radius 3 is 2.48 bits per heavy atom. The molecule has 0 aliphatic heterocycles. The lowest BCUT2D eigenvalue weighted by Gasteiger charge is -2.17. The summed E-state index contributed by atoms with van der Waals surface area (Å²) in [5.41, 5.74) is 2.46. The zero-order valence-electron chi connectivity index (χ0n) is 17.6. The molecule has 0 saturated heterocycles. The van der Waals surface area contributed by atoms with Gasteiger partial charge in [0.05, 0.1) is 11.0 Å². The second-order valence-corrected chi connectivity index (χ2v) is 8.60. The van der Waals surface area contributed by atoms with Crippen LogP contribution in [0, 0.1) is 18.2 Å². The van der Waals surface area contributed by atoms with E-state index in [1.54, 1.807) is 16.8 Å². The Morgan fingerprint density at radius 2 is 1.87 bits per heavy atom. The zero-order valence-corrected chi connectivity index (χ0v) is 17.6. The number of carbonyl (C=O) groups excluding carboxylic acids is 1. The van der Waals surface area contributed by atoms with Crippen LogP contribution in [0.25, 0.3) is 11.0 Å². The third-order valence-corrected chi connectivity index (χ3v) is 4.47. The first-order valence-corrected chi connectivity index (χ1v) is 9.61. The van der Waals surface area contributed by atoms with E-state index in [4.69, 9.17) is 0 Å². The van der Waals surface area contributed by atoms with Crippen molar-refractivity contribution in [2.75, 3.05) is 5.32 Å². The molecule has 3 aromatic rings. The number of halogens is 4. The van der Waals surface area contributed by atoms with Gasteiger partial charge in [-0.2, -0.15) is 0 Å². The predicted molar refractivity (Wildman–Crippen MR) is 109 cm³/mol. The molecule has 2 heterocycles. The molecule has 1 N–H and O–H groups in total. The van der Waals surface area contributed by atoms with Crippen molar-refractivity contribution in [3.8, 4) is 5.75 Å². The van der Waals surface area contributed by atoms with Crippen LogP contribution >= 0.6 is 0 Å². The molecule has 0 spiro atoms. The zero-order chi connectivity index (χ0) is 23.0. The molecule has 0 aliphatic rings. The Hall–Kier alpha value is -3.10. The highest BCUT2D eigenvalue weighted by Gasteiger charge is 2.32. The van der Waals surface area contributed by atoms with Gasteiger partial charge in [-0.25, -0.2) is 9.37 Å². The third kappa shape index (κ3) is 5.96. The van der Waals surface area contributed by atoms with Gasteiger partial charge in [-0.3, -0.25) is 4.79 Å². The molecule has 0 fully saturated rings. The van der Waals surface area contributed by atoms with Gasteiger partial charge in [0.25, 0.3) is 0 Å². The molecule has 0 saturated carbocycles. The van der Waals surface area contributed by atoms with E-state index < -0.39 is 17.9 Å². The smallest absolute Gasteiger partial charge is 0.403 e. The fourth-order valence-corrected chi connectivity index (χ4v) is 3.18. The van der Waals surface area contributed by atoms with Gasteiger partial charge in [-0.05, 0) is 47.7 Å². The highest BCUT2D eigenvalue weighted by Crippen LogP contribution is 2.28. The van der Waals surface area contributed by atoms with Crippen molar-refractivity contribution in [2.45, 2.75) is 47.0 Å². The summed E-state index contributed by atoms with van der Waals surface area (Å²) in [7, 11) is 0. The number of benzene rings is 1. The summed E-state index contributed by atoms with van der Waals surface area (Å²) in [6.45, 7) is 7.96. The summed E-state index contributed by atoms with van der Waals surface area (Å²) in [6.07, 6.45) is -2.86. The number of rotatable bonds is 5. The number of ether oxygens (including phenoxy) is 1. The Bertz CT molecular complexity index is 1110. The van der Waals surface area contributed by atoms with Crippen molar-refractivity contribution in [3.05, 3.63) is 53.5 Å². The SMILES string of the molecule is Cc1cc2c(ccn2Cc2ccc(OC(F)(F)F)c(F)c2)nc1NC(=O)CC(C)(C)C. The summed E-state index contributed by atoms with van der Waals surface area (Å²) < 4.78 is 56.4. The lowest BCUT2D eigenvalue weighted by molar-refractivity contribution is -0.275. The quantitative estimate of drug-likeness (QED) is 0.513. The first-order chi connectivity index (χ1) is 14.3. The monoisotopic (exact) mass is 437 g/mol. The lowest BCUT2D eigenvalue weighted by atomic mass is 9.92. The minimum absolute atomic E-state index is 0.126. The Balaban J connectivity index is 1.81. The lowest BCUT2D eigenvalue weighted by Crippen LogP contribution is -2.20. The van der Waals surface area contributed by atoms with Crippen LogP contribution in [-0.2, 0) is 11.3 Å². The fourth-order valence-electron chi connectivity index (χ4n) is 3.18. The molecule has 31 heavy (non-hydrogen) atoms. The summed E-state index contributed by atoms with van der Waals surface area (Å²) in [5.74, 6) is -1.62. The average molecular weight is 437 g/mol. The van der Waals surface area contributed by atoms with Crippen LogP contribution in [0.1, 0.15) is 38.3 Å². The van der Waals surface area contributed by atoms with Crippen molar-refractivity contribution in [1.29, 1.82) is 0 Å². The molecule has 5 nitrogen and oxygen atoms in total. The highest BCUT2D eigenvalue weighted by atomic mass is 19.4. The first-order valence-electron chi connectivity index (χ1n) is 9.61. The molecule has 0 radical (unpaired) electrons. The number of nitrogens with one attached hydrogen (secondary N) is 1. The number of alkyl halides is 3. The van der Waals surface area contributed by atoms with E-state index in [1.165, 1.54) is 6.07 Å². The van der Waals surface area contributed by atoms with Crippen LogP contribution < -0.4 is 10.1 Å². The number of amides is 1. The van der Waals surface area contributed by atoms with E-state index >= 15 is 0 Å². The Morgan fingerprint density at radius 1 is 1.16 bits per heavy atom. The summed E-state index contributed by atoms with van der Waals surface area (Å²) in [4.78, 5) is 16.7. The molecular weight excluding hydrogens is 414 g/mol. The largest absolute Gasteiger partial charge is 0.573 e. The molecule has 0 unspecified atom stereocenters. The van der Waals surface area contributed by atoms with Crippen LogP contribution in [0.4, 0.5) is 23.4 Å². The standard InChI is InChI=1S/C22H23F4N3O2/c1-13-9-17-16(27-20(13)28-19(30)11-21(2,3)4)7-8-29(17)12-14-5-6-18(15(23)10-14)31-22(24,25)26/h5-10H,11-12H2,1-4H3,(H,27,28,30). The van der Waals surface area contributed by atoms with Gasteiger partial charge in [0, 0.05) is 19.2 Å². The second-order valence-electron chi connectivity index (χ2n) is 8.60. The van der Waals surface area contributed by atoms with Gasteiger partial charge in [-0.15, -0.1) is 13.2 Å². The topological polar surface area (TPSA) is 56.1 Å². The van der Waals surface area contributed by atoms with E-state index in [0.717, 1.165) is 23.2 Å². The van der Waals surface area contributed by atoms with Crippen molar-refractivity contribution >= 4 is 22.8 Å². The summed E-state index contributed by atoms with van der Waals surface area (Å²) in [5, 5.41) is 2.84. The molecule has 3 rings (SSSR count). The molecule has 166 valence electrons. The third-order valence-electron chi connectivity index (χ3n) is 4.47. The number of pyridine rings is 1. The summed E-state index contributed by atoms with van der Waals surface area (Å²) >= 11 is 0. The molecule has 2 aromatic heterocycles. The van der Waals surface area contributed by atoms with Crippen LogP contribution in [0.2, 0.25) is 0 Å². The van der Waals surface area contributed by atoms with Gasteiger partial charge >= 0.3 is 6.36 Å². The normalized spacial score (nSPS) is 12.3. The van der Waals surface area contributed by atoms with E-state index in [0.29, 0.717) is 23.3 Å². The van der Waals surface area contributed by atoms with Gasteiger partial charge < -0.3 is 14.6 Å². The molecule has 0 aliphatic carbocycles. The van der Waals surface area contributed by atoms with Gasteiger partial charge in [0.1, 0.15) is 5.82 Å². The number of aromatic nitrogens is 2. The van der Waals surface area contributed by atoms with Crippen molar-refractivity contribution in [3.63, 3.8) is 0 Å². The van der Waals surface area contributed by atoms with E-state index in [2.05, 4.69) is 15.0 Å². The van der Waals surface area contributed by atoms with Crippen molar-refractivity contribution < 1.29 is 27.1 Å². The molecular formula is C22H23F4N3O2. The number of carbonyl (C=O) groups is 1. The van der Waals surface area contributed by atoms with E-state index in [9.17, 15) is 22.4 Å². The number of nitrogens with zero attached hydrogens (tertiary/aromatic N) is 2. The van der Waals surface area contributed by atoms with Gasteiger partial charge in [-0.1, -0.05) is 26.8 Å². The Labute approximate surface area is 177 Å².